The molecule has 1 N–H and O–H groups in total. The Kier molecular flexibility index (Phi) is 8.58. The summed E-state index contributed by atoms with van der Waals surface area (Å²) in [4.78, 5) is 70.2. The predicted octanol–water partition coefficient (Wildman–Crippen LogP) is 4.90. The summed E-state index contributed by atoms with van der Waals surface area (Å²) >= 11 is 2.18. The van der Waals surface area contributed by atoms with Gasteiger partial charge in [-0.05, 0) is 67.9 Å². The van der Waals surface area contributed by atoms with Gasteiger partial charge >= 0.3 is 10.8 Å². The zero-order valence-corrected chi connectivity index (χ0v) is 27.3. The molecule has 1 aromatic heterocycles. The molecule has 2 aliphatic rings. The third-order valence-corrected chi connectivity index (χ3v) is 10.7. The maximum absolute atomic E-state index is 14.1. The zero-order chi connectivity index (χ0) is 32.7. The van der Waals surface area contributed by atoms with Crippen molar-refractivity contribution in [3.05, 3.63) is 104 Å². The van der Waals surface area contributed by atoms with E-state index in [1.165, 1.54) is 21.2 Å². The number of nitrogens with one attached hydrogen (secondary N) is 1. The predicted molar refractivity (Wildman–Crippen MR) is 179 cm³/mol. The van der Waals surface area contributed by atoms with Gasteiger partial charge < -0.3 is 15.0 Å². The molecule has 0 bridgehead atoms. The molecule has 4 aromatic rings. The van der Waals surface area contributed by atoms with Crippen molar-refractivity contribution in [1.29, 1.82) is 0 Å². The molecule has 10 nitrogen and oxygen atoms in total. The van der Waals surface area contributed by atoms with Crippen molar-refractivity contribution in [1.82, 2.24) is 4.57 Å². The van der Waals surface area contributed by atoms with E-state index in [-0.39, 0.29) is 29.8 Å². The van der Waals surface area contributed by atoms with E-state index >= 15 is 0 Å². The number of thioether (sulfide) groups is 1. The van der Waals surface area contributed by atoms with Crippen LogP contribution in [0, 0.1) is 12.8 Å². The molecule has 0 unspecified atom stereocenters. The third kappa shape index (κ3) is 5.74. The lowest BCUT2D eigenvalue weighted by Crippen LogP contribution is -2.33. The second kappa shape index (κ2) is 12.6. The van der Waals surface area contributed by atoms with Crippen molar-refractivity contribution in [3.8, 4) is 0 Å². The molecule has 6 rings (SSSR count). The van der Waals surface area contributed by atoms with Gasteiger partial charge in [-0.1, -0.05) is 52.9 Å². The molecule has 1 fully saturated rings. The standard InChI is InChI=1S/C34H32N4O6S2/c1-5-44-33(42)21-8-12-22(13-9-21)35-25(39)18-37-32-29(46-34(37)43)26(20-10-16-23(17-11-20)36(3)4)27-28(45-32)31(41)38(30(27)40)24-14-6-19(2)7-15-24/h6-17,26-28H,5,18H2,1-4H3,(H,35,39)/t26-,27-,28+/m0/s1. The van der Waals surface area contributed by atoms with E-state index in [2.05, 4.69) is 5.32 Å². The Morgan fingerprint density at radius 3 is 2.22 bits per heavy atom. The Balaban J connectivity index is 1.34. The summed E-state index contributed by atoms with van der Waals surface area (Å²) in [6, 6.07) is 21.3. The van der Waals surface area contributed by atoms with E-state index in [1.54, 1.807) is 43.3 Å². The third-order valence-electron chi connectivity index (χ3n) is 8.09. The number of aryl methyl sites for hydroxylation is 1. The molecule has 3 amide bonds. The Morgan fingerprint density at radius 2 is 1.59 bits per heavy atom. The smallest absolute Gasteiger partial charge is 0.338 e. The maximum Gasteiger partial charge on any atom is 0.338 e. The van der Waals surface area contributed by atoms with Gasteiger partial charge in [-0.2, -0.15) is 0 Å². The highest BCUT2D eigenvalue weighted by Crippen LogP contribution is 2.54. The van der Waals surface area contributed by atoms with Crippen LogP contribution in [-0.4, -0.2) is 54.2 Å². The fourth-order valence-corrected chi connectivity index (χ4v) is 8.56. The van der Waals surface area contributed by atoms with Crippen LogP contribution >= 0.6 is 23.1 Å². The Morgan fingerprint density at radius 1 is 0.913 bits per heavy atom. The molecule has 0 aliphatic carbocycles. The number of fused-ring (bicyclic) bond motifs is 2. The van der Waals surface area contributed by atoms with Gasteiger partial charge in [0, 0.05) is 36.3 Å². The van der Waals surface area contributed by atoms with Crippen LogP contribution in [0.2, 0.25) is 0 Å². The summed E-state index contributed by atoms with van der Waals surface area (Å²) in [6.45, 7) is 3.62. The van der Waals surface area contributed by atoms with Crippen LogP contribution in [0.5, 0.6) is 0 Å². The second-order valence-corrected chi connectivity index (χ2v) is 13.5. The fourth-order valence-electron chi connectivity index (χ4n) is 5.79. The monoisotopic (exact) mass is 656 g/mol. The molecule has 0 spiro atoms. The minimum absolute atomic E-state index is 0.253. The number of imide groups is 1. The molecule has 0 saturated carbocycles. The van der Waals surface area contributed by atoms with Crippen molar-refractivity contribution in [2.75, 3.05) is 35.8 Å². The fraction of sp³-hybridized carbons (Fsp3) is 0.265. The molecule has 0 radical (unpaired) electrons. The van der Waals surface area contributed by atoms with Crippen molar-refractivity contribution >= 4 is 63.9 Å². The van der Waals surface area contributed by atoms with Crippen LogP contribution in [0.3, 0.4) is 0 Å². The van der Waals surface area contributed by atoms with E-state index in [0.29, 0.717) is 26.8 Å². The molecule has 3 atom stereocenters. The average Bonchev–Trinajstić information content (AvgIpc) is 3.48. The molecule has 3 heterocycles. The number of carbonyl (C=O) groups excluding carboxylic acids is 4. The first-order valence-corrected chi connectivity index (χ1v) is 16.5. The summed E-state index contributed by atoms with van der Waals surface area (Å²) in [6.07, 6.45) is 0. The summed E-state index contributed by atoms with van der Waals surface area (Å²) in [5.41, 5.74) is 4.10. The van der Waals surface area contributed by atoms with Gasteiger partial charge in [0.2, 0.25) is 17.7 Å². The number of aromatic nitrogens is 1. The SMILES string of the molecule is CCOC(=O)c1ccc(NC(=O)Cn2c3c(sc2=O)[C@@H](c2ccc(N(C)C)cc2)[C@@H]2C(=O)N(c4ccc(C)cc4)C(=O)[C@@H]2S3)cc1. The quantitative estimate of drug-likeness (QED) is 0.210. The lowest BCUT2D eigenvalue weighted by molar-refractivity contribution is -0.122. The number of benzene rings is 3. The first-order chi connectivity index (χ1) is 22.1. The number of esters is 1. The number of carbonyl (C=O) groups is 4. The zero-order valence-electron chi connectivity index (χ0n) is 25.7. The van der Waals surface area contributed by atoms with Crippen molar-refractivity contribution < 1.29 is 23.9 Å². The molecule has 46 heavy (non-hydrogen) atoms. The van der Waals surface area contributed by atoms with Crippen LogP contribution in [0.15, 0.2) is 82.6 Å². The maximum atomic E-state index is 14.1. The van der Waals surface area contributed by atoms with E-state index in [0.717, 1.165) is 28.2 Å². The van der Waals surface area contributed by atoms with E-state index in [1.807, 2.05) is 62.3 Å². The first kappa shape index (κ1) is 31.3. The van der Waals surface area contributed by atoms with Gasteiger partial charge in [0.15, 0.2) is 0 Å². The lowest BCUT2D eigenvalue weighted by atomic mass is 9.83. The second-order valence-electron chi connectivity index (χ2n) is 11.3. The average molecular weight is 657 g/mol. The highest BCUT2D eigenvalue weighted by molar-refractivity contribution is 8.00. The summed E-state index contributed by atoms with van der Waals surface area (Å²) < 4.78 is 6.39. The number of nitrogens with zero attached hydrogens (tertiary/aromatic N) is 3. The Hall–Kier alpha value is -4.68. The van der Waals surface area contributed by atoms with Crippen LogP contribution in [-0.2, 0) is 25.7 Å². The van der Waals surface area contributed by atoms with Crippen LogP contribution < -0.4 is 20.0 Å². The molecular formula is C34H32N4O6S2. The minimum atomic E-state index is -0.779. The van der Waals surface area contributed by atoms with Crippen LogP contribution in [0.4, 0.5) is 17.1 Å². The van der Waals surface area contributed by atoms with Gasteiger partial charge in [0.05, 0.1) is 28.8 Å². The van der Waals surface area contributed by atoms with Gasteiger partial charge in [0.25, 0.3) is 0 Å². The number of anilines is 3. The van der Waals surface area contributed by atoms with Crippen LogP contribution in [0.1, 0.15) is 39.2 Å². The van der Waals surface area contributed by atoms with Gasteiger partial charge in [-0.25, -0.2) is 9.69 Å². The topological polar surface area (TPSA) is 118 Å². The first-order valence-electron chi connectivity index (χ1n) is 14.8. The van der Waals surface area contributed by atoms with Gasteiger partial charge in [-0.15, -0.1) is 0 Å². The van der Waals surface area contributed by atoms with Crippen LogP contribution in [0.25, 0.3) is 0 Å². The number of hydrogen-bond acceptors (Lipinski definition) is 9. The van der Waals surface area contributed by atoms with Crippen molar-refractivity contribution in [2.24, 2.45) is 5.92 Å². The number of thiazole rings is 1. The Bertz CT molecular complexity index is 1880. The highest BCUT2D eigenvalue weighted by Gasteiger charge is 2.56. The lowest BCUT2D eigenvalue weighted by Gasteiger charge is -2.31. The molecule has 3 aromatic carbocycles. The molecule has 236 valence electrons. The largest absolute Gasteiger partial charge is 0.462 e. The molecule has 2 aliphatic heterocycles. The van der Waals surface area contributed by atoms with E-state index in [4.69, 9.17) is 4.74 Å². The normalized spacial score (nSPS) is 18.6. The summed E-state index contributed by atoms with van der Waals surface area (Å²) in [5.74, 6) is -2.84. The number of hydrogen-bond donors (Lipinski definition) is 1. The molecular weight excluding hydrogens is 625 g/mol. The van der Waals surface area contributed by atoms with E-state index < -0.39 is 29.0 Å². The number of amides is 3. The van der Waals surface area contributed by atoms with Crippen molar-refractivity contribution in [2.45, 2.75) is 36.6 Å². The van der Waals surface area contributed by atoms with Gasteiger partial charge in [-0.3, -0.25) is 23.7 Å². The van der Waals surface area contributed by atoms with Crippen molar-refractivity contribution in [3.63, 3.8) is 0 Å². The minimum Gasteiger partial charge on any atom is -0.462 e. The van der Waals surface area contributed by atoms with E-state index in [9.17, 15) is 24.0 Å². The van der Waals surface area contributed by atoms with Gasteiger partial charge in [0.1, 0.15) is 11.8 Å². The Labute approximate surface area is 274 Å². The number of ether oxygens (including phenoxy) is 1. The number of rotatable bonds is 8. The summed E-state index contributed by atoms with van der Waals surface area (Å²) in [7, 11) is 3.87. The summed E-state index contributed by atoms with van der Waals surface area (Å²) in [5, 5.41) is 2.51. The molecule has 1 saturated heterocycles. The molecule has 12 heteroatoms. The highest BCUT2D eigenvalue weighted by atomic mass is 32.2.